The number of pyridine rings is 1. The largest absolute Gasteiger partial charge is 0.462 e. The molecular formula is C52H62ClF4N11O6S. The van der Waals surface area contributed by atoms with Crippen LogP contribution >= 0.6 is 22.9 Å². The van der Waals surface area contributed by atoms with E-state index < -0.39 is 75.2 Å². The minimum absolute atomic E-state index is 0.0352. The van der Waals surface area contributed by atoms with Crippen LogP contribution < -0.4 is 31.3 Å². The predicted octanol–water partition coefficient (Wildman–Crippen LogP) is 6.52. The molecule has 4 aliphatic heterocycles. The summed E-state index contributed by atoms with van der Waals surface area (Å²) in [6.45, 7) is 10.5. The second kappa shape index (κ2) is 22.4. The first kappa shape index (κ1) is 54.0. The molecule has 7 heterocycles. The van der Waals surface area contributed by atoms with Gasteiger partial charge >= 0.3 is 12.2 Å². The molecule has 0 radical (unpaired) electrons. The van der Waals surface area contributed by atoms with Crippen LogP contribution in [0.5, 0.6) is 6.01 Å². The second-order valence-corrected chi connectivity index (χ2v) is 22.2. The van der Waals surface area contributed by atoms with Crippen molar-refractivity contribution in [1.29, 1.82) is 0 Å². The number of aryl methyl sites for hydroxylation is 1. The normalized spacial score (nSPS) is 21.5. The Morgan fingerprint density at radius 2 is 1.77 bits per heavy atom. The summed E-state index contributed by atoms with van der Waals surface area (Å²) < 4.78 is 71.9. The average Bonchev–Trinajstić information content (AvgIpc) is 4.18. The maximum Gasteiger partial charge on any atom is 0.418 e. The van der Waals surface area contributed by atoms with Crippen LogP contribution in [0, 0.1) is 18.2 Å². The van der Waals surface area contributed by atoms with E-state index in [2.05, 4.69) is 35.8 Å². The van der Waals surface area contributed by atoms with Gasteiger partial charge in [0.05, 0.1) is 51.4 Å². The van der Waals surface area contributed by atoms with Crippen molar-refractivity contribution in [2.75, 3.05) is 63.2 Å². The standard InChI is InChI=1S/C52H62ClF4N11O6S/c1-28-45(75-27-61-28)30-9-7-29(8-10-30)21-60-48(71)39-20-35(69)25-68(39)49(72)46(51(2,3)4)63-40(70)13-16-73-17-15-66-14-5-6-34(66)26-74-50-64-44-37(47(65-50)67-23-32-11-12-33(24-67)62-32)22-59-43(42(44)54)36-18-31(58)19-38(53)41(36)52(55,56)57/h7-10,18-19,22,27,32-35,39,46,62,69H,5-6,11-17,20-21,23-26,58H2,1-4H3,(H,60,71)(H,63,70)/t32?,33?,34-,35-,39+,46-/m0/s1. The molecule has 2 unspecified atom stereocenters. The van der Waals surface area contributed by atoms with Gasteiger partial charge in [0, 0.05) is 81.1 Å². The zero-order valence-electron chi connectivity index (χ0n) is 42.2. The summed E-state index contributed by atoms with van der Waals surface area (Å²) in [5.74, 6) is -2.00. The first-order valence-electron chi connectivity index (χ1n) is 25.2. The lowest BCUT2D eigenvalue weighted by Gasteiger charge is -2.35. The molecule has 6 N–H and O–H groups in total. The number of piperazine rings is 1. The number of β-amino-alcohol motifs (C(OH)–C–C–N with tert-alkyl or cyclic N) is 1. The number of benzene rings is 2. The monoisotopic (exact) mass is 1080 g/mol. The van der Waals surface area contributed by atoms with Crippen molar-refractivity contribution in [3.05, 3.63) is 75.8 Å². The van der Waals surface area contributed by atoms with Crippen LogP contribution in [-0.2, 0) is 31.8 Å². The molecule has 75 heavy (non-hydrogen) atoms. The first-order chi connectivity index (χ1) is 35.7. The first-order valence-corrected chi connectivity index (χ1v) is 26.5. The van der Waals surface area contributed by atoms with Crippen LogP contribution in [0.15, 0.2) is 48.1 Å². The summed E-state index contributed by atoms with van der Waals surface area (Å²) in [7, 11) is 0. The van der Waals surface area contributed by atoms with Gasteiger partial charge < -0.3 is 46.1 Å². The van der Waals surface area contributed by atoms with E-state index >= 15 is 4.39 Å². The second-order valence-electron chi connectivity index (χ2n) is 20.9. The molecule has 23 heteroatoms. The van der Waals surface area contributed by atoms with E-state index in [4.69, 9.17) is 31.8 Å². The number of fused-ring (bicyclic) bond motifs is 3. The van der Waals surface area contributed by atoms with Crippen LogP contribution in [0.1, 0.15) is 76.1 Å². The number of alkyl halides is 3. The lowest BCUT2D eigenvalue weighted by molar-refractivity contribution is -0.144. The van der Waals surface area contributed by atoms with Gasteiger partial charge in [0.2, 0.25) is 17.7 Å². The Balaban J connectivity index is 0.793. The number of aliphatic hydroxyl groups excluding tert-OH is 1. The number of nitrogens with one attached hydrogen (secondary N) is 3. The molecule has 4 aliphatic rings. The number of aliphatic hydroxyl groups is 1. The van der Waals surface area contributed by atoms with Crippen molar-refractivity contribution in [2.45, 2.75) is 115 Å². The van der Waals surface area contributed by atoms with Crippen LogP contribution in [0.2, 0.25) is 5.02 Å². The van der Waals surface area contributed by atoms with Gasteiger partial charge in [-0.05, 0) is 67.8 Å². The highest BCUT2D eigenvalue weighted by Gasteiger charge is 2.45. The summed E-state index contributed by atoms with van der Waals surface area (Å²) in [6, 6.07) is 7.97. The highest BCUT2D eigenvalue weighted by Crippen LogP contribution is 2.44. The van der Waals surface area contributed by atoms with E-state index in [1.165, 1.54) is 11.1 Å². The Kier molecular flexibility index (Phi) is 16.2. The van der Waals surface area contributed by atoms with Crippen LogP contribution in [-0.4, -0.2) is 141 Å². The number of anilines is 2. The highest BCUT2D eigenvalue weighted by atomic mass is 35.5. The lowest BCUT2D eigenvalue weighted by atomic mass is 9.85. The summed E-state index contributed by atoms with van der Waals surface area (Å²) in [5.41, 5.74) is 6.96. The van der Waals surface area contributed by atoms with Gasteiger partial charge in [-0.1, -0.05) is 56.6 Å². The van der Waals surface area contributed by atoms with Crippen molar-refractivity contribution < 1.29 is 46.5 Å². The van der Waals surface area contributed by atoms with E-state index in [0.29, 0.717) is 25.5 Å². The molecule has 402 valence electrons. The Labute approximate surface area is 440 Å². The van der Waals surface area contributed by atoms with E-state index in [-0.39, 0.29) is 86.5 Å². The molecule has 4 fully saturated rings. The Morgan fingerprint density at radius 3 is 2.47 bits per heavy atom. The van der Waals surface area contributed by atoms with Crippen molar-refractivity contribution in [2.24, 2.45) is 5.41 Å². The van der Waals surface area contributed by atoms with Crippen molar-refractivity contribution in [3.63, 3.8) is 0 Å². The minimum atomic E-state index is -4.94. The lowest BCUT2D eigenvalue weighted by Crippen LogP contribution is -2.57. The molecule has 17 nitrogen and oxygen atoms in total. The molecule has 0 aliphatic carbocycles. The van der Waals surface area contributed by atoms with Gasteiger partial charge in [-0.15, -0.1) is 11.3 Å². The quantitative estimate of drug-likeness (QED) is 0.0382. The fraction of sp³-hybridized carbons (Fsp3) is 0.519. The predicted molar refractivity (Wildman–Crippen MR) is 276 cm³/mol. The van der Waals surface area contributed by atoms with Gasteiger partial charge in [0.15, 0.2) is 5.82 Å². The smallest absolute Gasteiger partial charge is 0.418 e. The fourth-order valence-corrected chi connectivity index (χ4v) is 11.7. The molecule has 2 aromatic carbocycles. The molecule has 4 saturated heterocycles. The third kappa shape index (κ3) is 12.3. The maximum absolute atomic E-state index is 16.7. The zero-order valence-corrected chi connectivity index (χ0v) is 43.8. The van der Waals surface area contributed by atoms with Crippen LogP contribution in [0.3, 0.4) is 0 Å². The van der Waals surface area contributed by atoms with Crippen molar-refractivity contribution in [3.8, 4) is 27.7 Å². The number of nitrogens with two attached hydrogens (primary N) is 1. The Hall–Kier alpha value is -5.78. The van der Waals surface area contributed by atoms with Crippen LogP contribution in [0.25, 0.3) is 32.6 Å². The van der Waals surface area contributed by atoms with Gasteiger partial charge in [0.1, 0.15) is 35.7 Å². The maximum atomic E-state index is 16.7. The Morgan fingerprint density at radius 1 is 1.03 bits per heavy atom. The molecule has 3 amide bonds. The number of hydrogen-bond donors (Lipinski definition) is 5. The summed E-state index contributed by atoms with van der Waals surface area (Å²) in [4.78, 5) is 65.4. The number of carbonyl (C=O) groups excluding carboxylic acids is 3. The zero-order chi connectivity index (χ0) is 53.3. The van der Waals surface area contributed by atoms with Gasteiger partial charge in [-0.25, -0.2) is 9.37 Å². The SMILES string of the molecule is Cc1ncsc1-c1ccc(CNC(=O)[C@H]2C[C@H](O)CN2C(=O)[C@H](NC(=O)CCOCCN2CCC[C@H]2COc2nc(N3CC4CCC(C3)N4)c3cnc(-c4cc(N)cc(Cl)c4C(F)(F)F)c(F)c3n2)C(C)(C)C)cc1. The molecule has 3 aromatic heterocycles. The van der Waals surface area contributed by atoms with Crippen molar-refractivity contribution >= 4 is 63.1 Å². The average molecular weight is 1080 g/mol. The summed E-state index contributed by atoms with van der Waals surface area (Å²) in [5, 5.41) is 19.5. The summed E-state index contributed by atoms with van der Waals surface area (Å²) in [6.07, 6.45) is -0.997. The molecule has 0 saturated carbocycles. The van der Waals surface area contributed by atoms with Gasteiger partial charge in [-0.2, -0.15) is 23.1 Å². The number of likely N-dealkylation sites (tertiary alicyclic amines) is 2. The molecule has 5 aromatic rings. The van der Waals surface area contributed by atoms with E-state index in [0.717, 1.165) is 66.1 Å². The summed E-state index contributed by atoms with van der Waals surface area (Å²) >= 11 is 7.60. The third-order valence-corrected chi connectivity index (χ3v) is 15.7. The fourth-order valence-electron chi connectivity index (χ4n) is 10.6. The van der Waals surface area contributed by atoms with E-state index in [9.17, 15) is 32.7 Å². The molecule has 9 rings (SSSR count). The van der Waals surface area contributed by atoms with Crippen molar-refractivity contribution in [1.82, 2.24) is 45.7 Å². The van der Waals surface area contributed by atoms with E-state index in [1.54, 1.807) is 16.8 Å². The molecular weight excluding hydrogens is 1020 g/mol. The van der Waals surface area contributed by atoms with E-state index in [1.807, 2.05) is 56.9 Å². The number of nitrogens with zero attached hydrogens (tertiary/aromatic N) is 7. The number of halogens is 5. The number of aromatic nitrogens is 4. The number of amides is 3. The minimum Gasteiger partial charge on any atom is -0.462 e. The molecule has 0 spiro atoms. The number of nitrogen functional groups attached to an aromatic ring is 1. The molecule has 6 atom stereocenters. The van der Waals surface area contributed by atoms with Crippen LogP contribution in [0.4, 0.5) is 29.1 Å². The highest BCUT2D eigenvalue weighted by molar-refractivity contribution is 7.13. The van der Waals surface area contributed by atoms with Gasteiger partial charge in [-0.3, -0.25) is 24.3 Å². The number of hydrogen-bond acceptors (Lipinski definition) is 15. The topological polar surface area (TPSA) is 213 Å². The number of rotatable bonds is 17. The Bertz CT molecular complexity index is 2900. The van der Waals surface area contributed by atoms with Gasteiger partial charge in [0.25, 0.3) is 0 Å². The third-order valence-electron chi connectivity index (χ3n) is 14.4. The number of thiazole rings is 1. The number of carbonyl (C=O) groups is 3. The number of ether oxygens (including phenoxy) is 2. The molecule has 2 bridgehead atoms.